The Morgan fingerprint density at radius 2 is 2.33 bits per heavy atom. The molecule has 9 heteroatoms. The van der Waals surface area contributed by atoms with Gasteiger partial charge < -0.3 is 15.2 Å². The minimum atomic E-state index is -0.343. The molecule has 1 aromatic heterocycles. The molecule has 0 saturated carbocycles. The highest BCUT2D eigenvalue weighted by Crippen LogP contribution is 2.31. The van der Waals surface area contributed by atoms with E-state index in [1.807, 2.05) is 0 Å². The Morgan fingerprint density at radius 3 is 2.88 bits per heavy atom. The fraction of sp³-hybridized carbons (Fsp3) is 0.600. The number of hydrogen-bond acceptors (Lipinski definition) is 6. The molecule has 0 bridgehead atoms. The highest BCUT2D eigenvalue weighted by molar-refractivity contribution is 6.05. The highest BCUT2D eigenvalue weighted by atomic mass is 16.5. The number of imidazole rings is 1. The van der Waals surface area contributed by atoms with Gasteiger partial charge in [0.25, 0.3) is 0 Å². The van der Waals surface area contributed by atoms with Crippen molar-refractivity contribution in [1.29, 1.82) is 0 Å². The molecule has 9 nitrogen and oxygen atoms in total. The number of amides is 1. The summed E-state index contributed by atoms with van der Waals surface area (Å²) in [5.74, 6) is 0.204. The average molecular weight is 337 g/mol. The van der Waals surface area contributed by atoms with Gasteiger partial charge in [-0.3, -0.25) is 24.5 Å². The van der Waals surface area contributed by atoms with E-state index in [0.29, 0.717) is 24.9 Å². The van der Waals surface area contributed by atoms with Gasteiger partial charge >= 0.3 is 0 Å². The van der Waals surface area contributed by atoms with Gasteiger partial charge in [0, 0.05) is 13.0 Å². The van der Waals surface area contributed by atoms with Gasteiger partial charge in [0.1, 0.15) is 17.7 Å². The molecule has 2 atom stereocenters. The summed E-state index contributed by atoms with van der Waals surface area (Å²) in [6.45, 7) is 3.48. The van der Waals surface area contributed by atoms with Crippen LogP contribution in [-0.2, 0) is 9.53 Å². The zero-order valence-electron chi connectivity index (χ0n) is 14.0. The number of nitrogens with one attached hydrogen (secondary N) is 2. The Kier molecular flexibility index (Phi) is 6.04. The van der Waals surface area contributed by atoms with Crippen LogP contribution in [0.5, 0.6) is 0 Å². The van der Waals surface area contributed by atoms with Gasteiger partial charge in [-0.05, 0) is 12.8 Å². The maximum atomic E-state index is 11.8. The van der Waals surface area contributed by atoms with E-state index in [2.05, 4.69) is 20.6 Å². The summed E-state index contributed by atoms with van der Waals surface area (Å²) in [4.78, 5) is 31.1. The van der Waals surface area contributed by atoms with Gasteiger partial charge in [-0.1, -0.05) is 13.8 Å². The monoisotopic (exact) mass is 337 g/mol. The molecule has 1 amide bonds. The lowest BCUT2D eigenvalue weighted by molar-refractivity contribution is -0.122. The number of aromatic nitrogens is 2. The predicted molar refractivity (Wildman–Crippen MR) is 87.8 cm³/mol. The molecular formula is C15H23N5O4. The van der Waals surface area contributed by atoms with Crippen LogP contribution >= 0.6 is 0 Å². The number of ether oxygens (including phenoxy) is 1. The number of anilines is 1. The lowest BCUT2D eigenvalue weighted by atomic mass is 10.2. The van der Waals surface area contributed by atoms with Gasteiger partial charge in [-0.2, -0.15) is 0 Å². The molecule has 132 valence electrons. The van der Waals surface area contributed by atoms with Crippen LogP contribution in [0, 0.1) is 5.92 Å². The molecule has 0 aliphatic carbocycles. The van der Waals surface area contributed by atoms with Crippen molar-refractivity contribution in [3.05, 3.63) is 12.0 Å². The number of aliphatic hydroxyl groups excluding tert-OH is 1. The first-order valence-electron chi connectivity index (χ1n) is 7.83. The molecule has 1 fully saturated rings. The number of aldehydes is 1. The van der Waals surface area contributed by atoms with Crippen LogP contribution in [0.2, 0.25) is 0 Å². The Hall–Kier alpha value is -2.26. The molecule has 0 radical (unpaired) electrons. The number of aliphatic imine (C=N–C) groups is 1. The third kappa shape index (κ3) is 3.98. The minimum Gasteiger partial charge on any atom is -0.394 e. The largest absolute Gasteiger partial charge is 0.394 e. The molecule has 1 saturated heterocycles. The number of nitrogens with zero attached hydrogens (tertiary/aromatic N) is 3. The van der Waals surface area contributed by atoms with Crippen molar-refractivity contribution in [2.24, 2.45) is 10.9 Å². The van der Waals surface area contributed by atoms with E-state index in [1.165, 1.54) is 13.4 Å². The maximum Gasteiger partial charge on any atom is 0.229 e. The third-order valence-corrected chi connectivity index (χ3v) is 3.76. The van der Waals surface area contributed by atoms with E-state index in [-0.39, 0.29) is 42.4 Å². The van der Waals surface area contributed by atoms with E-state index >= 15 is 0 Å². The van der Waals surface area contributed by atoms with Gasteiger partial charge in [0.05, 0.1) is 19.0 Å². The van der Waals surface area contributed by atoms with Crippen LogP contribution in [0.4, 0.5) is 5.82 Å². The van der Waals surface area contributed by atoms with Gasteiger partial charge in [0.15, 0.2) is 6.29 Å². The molecule has 2 rings (SSSR count). The Bertz CT molecular complexity index is 625. The first-order valence-corrected chi connectivity index (χ1v) is 7.83. The second-order valence-corrected chi connectivity index (χ2v) is 5.82. The number of carbonyl (C=O) groups is 2. The molecule has 1 aromatic rings. The minimum absolute atomic E-state index is 0.0549. The van der Waals surface area contributed by atoms with Crippen LogP contribution in [0.25, 0.3) is 0 Å². The standard InChI is InChI=1S/C15H23N5O4/c1-9(2)14(23)19-15(16-3)18-13-11(7-22)17-8-20(13)12-5-4-10(6-21)24-12/h7-10,12,21H,4-6H2,1-3H3,(H2,16,18,19,23). The topological polar surface area (TPSA) is 118 Å². The summed E-state index contributed by atoms with van der Waals surface area (Å²) in [5.41, 5.74) is 0.186. The zero-order valence-corrected chi connectivity index (χ0v) is 14.0. The van der Waals surface area contributed by atoms with Crippen LogP contribution < -0.4 is 10.6 Å². The van der Waals surface area contributed by atoms with Crippen LogP contribution in [-0.4, -0.2) is 52.6 Å². The lowest BCUT2D eigenvalue weighted by Crippen LogP contribution is -2.39. The molecular weight excluding hydrogens is 314 g/mol. The number of aliphatic hydroxyl groups is 1. The van der Waals surface area contributed by atoms with E-state index < -0.39 is 0 Å². The maximum absolute atomic E-state index is 11.8. The van der Waals surface area contributed by atoms with Crippen LogP contribution in [0.1, 0.15) is 43.4 Å². The quantitative estimate of drug-likeness (QED) is 0.410. The molecule has 2 heterocycles. The highest BCUT2D eigenvalue weighted by Gasteiger charge is 2.29. The molecule has 3 N–H and O–H groups in total. The summed E-state index contributed by atoms with van der Waals surface area (Å²) in [6.07, 6.45) is 2.94. The van der Waals surface area contributed by atoms with Crippen LogP contribution in [0.3, 0.4) is 0 Å². The molecule has 24 heavy (non-hydrogen) atoms. The van der Waals surface area contributed by atoms with Crippen molar-refractivity contribution in [3.63, 3.8) is 0 Å². The SMILES string of the molecule is CN=C(NC(=O)C(C)C)Nc1c(C=O)ncn1C1CCC(CO)O1. The molecule has 1 aliphatic rings. The summed E-state index contributed by atoms with van der Waals surface area (Å²) >= 11 is 0. The van der Waals surface area contributed by atoms with Crippen molar-refractivity contribution in [2.45, 2.75) is 39.0 Å². The van der Waals surface area contributed by atoms with Crippen molar-refractivity contribution in [2.75, 3.05) is 19.0 Å². The Labute approximate surface area is 140 Å². The summed E-state index contributed by atoms with van der Waals surface area (Å²) < 4.78 is 7.39. The normalized spacial score (nSPS) is 21.1. The lowest BCUT2D eigenvalue weighted by Gasteiger charge is -2.19. The first kappa shape index (κ1) is 18.1. The average Bonchev–Trinajstić information content (AvgIpc) is 3.19. The van der Waals surface area contributed by atoms with E-state index in [4.69, 9.17) is 4.74 Å². The third-order valence-electron chi connectivity index (χ3n) is 3.76. The second-order valence-electron chi connectivity index (χ2n) is 5.82. The fourth-order valence-electron chi connectivity index (χ4n) is 2.35. The number of guanidine groups is 1. The fourth-order valence-corrected chi connectivity index (χ4v) is 2.35. The van der Waals surface area contributed by atoms with Crippen molar-refractivity contribution in [1.82, 2.24) is 14.9 Å². The molecule has 2 unspecified atom stereocenters. The molecule has 1 aliphatic heterocycles. The van der Waals surface area contributed by atoms with Crippen LogP contribution in [0.15, 0.2) is 11.3 Å². The molecule has 0 spiro atoms. The number of hydrogen-bond donors (Lipinski definition) is 3. The van der Waals surface area contributed by atoms with E-state index in [0.717, 1.165) is 0 Å². The second kappa shape index (κ2) is 8.02. The zero-order chi connectivity index (χ0) is 17.7. The Balaban J connectivity index is 2.20. The number of rotatable bonds is 5. The van der Waals surface area contributed by atoms with E-state index in [9.17, 15) is 14.7 Å². The van der Waals surface area contributed by atoms with Gasteiger partial charge in [-0.25, -0.2) is 4.98 Å². The summed E-state index contributed by atoms with van der Waals surface area (Å²) in [7, 11) is 1.53. The van der Waals surface area contributed by atoms with Gasteiger partial charge in [-0.15, -0.1) is 0 Å². The van der Waals surface area contributed by atoms with Gasteiger partial charge in [0.2, 0.25) is 11.9 Å². The van der Waals surface area contributed by atoms with Crippen molar-refractivity contribution >= 4 is 24.0 Å². The first-order chi connectivity index (χ1) is 11.5. The summed E-state index contributed by atoms with van der Waals surface area (Å²) in [6, 6.07) is 0. The predicted octanol–water partition coefficient (Wildman–Crippen LogP) is 0.535. The van der Waals surface area contributed by atoms with Crippen molar-refractivity contribution in [3.8, 4) is 0 Å². The summed E-state index contributed by atoms with van der Waals surface area (Å²) in [5, 5.41) is 14.8. The van der Waals surface area contributed by atoms with E-state index in [1.54, 1.807) is 18.4 Å². The smallest absolute Gasteiger partial charge is 0.229 e. The number of carbonyl (C=O) groups excluding carboxylic acids is 2. The van der Waals surface area contributed by atoms with Crippen molar-refractivity contribution < 1.29 is 19.4 Å². The molecule has 0 aromatic carbocycles. The Morgan fingerprint density at radius 1 is 1.58 bits per heavy atom.